The number of hydrogen-bond acceptors (Lipinski definition) is 4. The van der Waals surface area contributed by atoms with Gasteiger partial charge in [-0.3, -0.25) is 0 Å². The van der Waals surface area contributed by atoms with Crippen LogP contribution < -0.4 is 15.2 Å². The van der Waals surface area contributed by atoms with Crippen LogP contribution in [0.1, 0.15) is 5.56 Å². The molecule has 1 aliphatic rings. The molecule has 14 heavy (non-hydrogen) atoms. The fourth-order valence-electron chi connectivity index (χ4n) is 1.49. The molecule has 2 rings (SSSR count). The first-order valence-corrected chi connectivity index (χ1v) is 4.57. The lowest BCUT2D eigenvalue weighted by molar-refractivity contribution is 0.167. The van der Waals surface area contributed by atoms with Crippen LogP contribution in [0.15, 0.2) is 18.2 Å². The lowest BCUT2D eigenvalue weighted by atomic mass is 10.1. The second-order valence-electron chi connectivity index (χ2n) is 3.24. The molecule has 0 aromatic heterocycles. The van der Waals surface area contributed by atoms with Gasteiger partial charge in [-0.1, -0.05) is 12.1 Å². The van der Waals surface area contributed by atoms with E-state index in [0.29, 0.717) is 6.42 Å². The highest BCUT2D eigenvalue weighted by molar-refractivity contribution is 5.48. The summed E-state index contributed by atoms with van der Waals surface area (Å²) >= 11 is 0. The van der Waals surface area contributed by atoms with Crippen molar-refractivity contribution in [1.29, 1.82) is 0 Å². The first-order chi connectivity index (χ1) is 6.81. The van der Waals surface area contributed by atoms with Gasteiger partial charge < -0.3 is 20.3 Å². The highest BCUT2D eigenvalue weighted by Gasteiger charge is 2.18. The zero-order valence-electron chi connectivity index (χ0n) is 7.77. The summed E-state index contributed by atoms with van der Waals surface area (Å²) in [6.07, 6.45) is -0.0195. The predicted molar refractivity (Wildman–Crippen MR) is 51.3 cm³/mol. The Bertz CT molecular complexity index is 327. The fraction of sp³-hybridized carbons (Fsp3) is 0.400. The van der Waals surface area contributed by atoms with E-state index in [0.717, 1.165) is 17.1 Å². The molecule has 1 aromatic rings. The van der Waals surface area contributed by atoms with Gasteiger partial charge in [0.05, 0.1) is 6.10 Å². The van der Waals surface area contributed by atoms with Crippen molar-refractivity contribution in [2.24, 2.45) is 5.73 Å². The molecule has 0 spiro atoms. The van der Waals surface area contributed by atoms with Crippen molar-refractivity contribution >= 4 is 0 Å². The molecule has 0 saturated carbocycles. The molecule has 0 saturated heterocycles. The van der Waals surface area contributed by atoms with E-state index >= 15 is 0 Å². The molecule has 4 heteroatoms. The molecule has 1 aliphatic heterocycles. The van der Waals surface area contributed by atoms with E-state index in [1.165, 1.54) is 0 Å². The topological polar surface area (TPSA) is 64.7 Å². The first kappa shape index (κ1) is 9.30. The molecule has 1 atom stereocenters. The third-order valence-electron chi connectivity index (χ3n) is 2.21. The van der Waals surface area contributed by atoms with Crippen molar-refractivity contribution < 1.29 is 14.6 Å². The Morgan fingerprint density at radius 3 is 3.07 bits per heavy atom. The minimum atomic E-state index is -0.523. The summed E-state index contributed by atoms with van der Waals surface area (Å²) in [6.45, 7) is 0.510. The summed E-state index contributed by atoms with van der Waals surface area (Å²) in [5, 5.41) is 9.42. The van der Waals surface area contributed by atoms with Crippen molar-refractivity contribution in [3.05, 3.63) is 23.8 Å². The van der Waals surface area contributed by atoms with Crippen LogP contribution >= 0.6 is 0 Å². The van der Waals surface area contributed by atoms with E-state index < -0.39 is 6.10 Å². The van der Waals surface area contributed by atoms with Gasteiger partial charge in [0.1, 0.15) is 0 Å². The van der Waals surface area contributed by atoms with Crippen LogP contribution in [0.3, 0.4) is 0 Å². The molecule has 0 fully saturated rings. The number of aliphatic hydroxyl groups excluding tert-OH is 1. The molecule has 1 aromatic carbocycles. The summed E-state index contributed by atoms with van der Waals surface area (Å²) in [6, 6.07) is 5.64. The first-order valence-electron chi connectivity index (χ1n) is 4.57. The van der Waals surface area contributed by atoms with Crippen LogP contribution in [0.4, 0.5) is 0 Å². The average molecular weight is 195 g/mol. The minimum absolute atomic E-state index is 0.254. The lowest BCUT2D eigenvalue weighted by Crippen LogP contribution is -2.22. The maximum absolute atomic E-state index is 9.42. The Kier molecular flexibility index (Phi) is 2.56. The molecular weight excluding hydrogens is 182 g/mol. The summed E-state index contributed by atoms with van der Waals surface area (Å²) in [4.78, 5) is 0. The molecule has 0 radical (unpaired) electrons. The van der Waals surface area contributed by atoms with Gasteiger partial charge in [0, 0.05) is 18.5 Å². The summed E-state index contributed by atoms with van der Waals surface area (Å²) < 4.78 is 10.5. The maximum Gasteiger partial charge on any atom is 0.231 e. The van der Waals surface area contributed by atoms with Crippen molar-refractivity contribution in [3.63, 3.8) is 0 Å². The molecule has 1 unspecified atom stereocenters. The van der Waals surface area contributed by atoms with Gasteiger partial charge in [-0.25, -0.2) is 0 Å². The number of aliphatic hydroxyl groups is 1. The van der Waals surface area contributed by atoms with Gasteiger partial charge in [0.2, 0.25) is 6.79 Å². The van der Waals surface area contributed by atoms with Gasteiger partial charge in [-0.15, -0.1) is 0 Å². The average Bonchev–Trinajstić information content (AvgIpc) is 2.66. The van der Waals surface area contributed by atoms with Gasteiger partial charge in [0.25, 0.3) is 0 Å². The second-order valence-corrected chi connectivity index (χ2v) is 3.24. The highest BCUT2D eigenvalue weighted by atomic mass is 16.7. The van der Waals surface area contributed by atoms with E-state index in [1.807, 2.05) is 18.2 Å². The number of para-hydroxylation sites is 1. The van der Waals surface area contributed by atoms with Gasteiger partial charge in [-0.2, -0.15) is 0 Å². The Hall–Kier alpha value is -1.26. The van der Waals surface area contributed by atoms with Crippen LogP contribution in [-0.2, 0) is 6.42 Å². The Balaban J connectivity index is 2.22. The normalized spacial score (nSPS) is 15.6. The van der Waals surface area contributed by atoms with Gasteiger partial charge >= 0.3 is 0 Å². The van der Waals surface area contributed by atoms with E-state index in [2.05, 4.69) is 0 Å². The van der Waals surface area contributed by atoms with Crippen molar-refractivity contribution in [1.82, 2.24) is 0 Å². The number of nitrogens with two attached hydrogens (primary N) is 1. The smallest absolute Gasteiger partial charge is 0.231 e. The molecule has 0 bridgehead atoms. The minimum Gasteiger partial charge on any atom is -0.454 e. The van der Waals surface area contributed by atoms with Crippen LogP contribution in [-0.4, -0.2) is 24.5 Å². The SMILES string of the molecule is NCC(O)Cc1cccc2c1OCO2. The molecule has 4 nitrogen and oxygen atoms in total. The molecule has 0 aliphatic carbocycles. The molecule has 0 amide bonds. The van der Waals surface area contributed by atoms with Crippen molar-refractivity contribution in [3.8, 4) is 11.5 Å². The van der Waals surface area contributed by atoms with E-state index in [1.54, 1.807) is 0 Å². The number of fused-ring (bicyclic) bond motifs is 1. The number of rotatable bonds is 3. The summed E-state index contributed by atoms with van der Waals surface area (Å²) in [7, 11) is 0. The lowest BCUT2D eigenvalue weighted by Gasteiger charge is -2.09. The maximum atomic E-state index is 9.42. The fourth-order valence-corrected chi connectivity index (χ4v) is 1.49. The predicted octanol–water partition coefficient (Wildman–Crippen LogP) is 0.277. The third-order valence-corrected chi connectivity index (χ3v) is 2.21. The van der Waals surface area contributed by atoms with Crippen LogP contribution in [0, 0.1) is 0 Å². The van der Waals surface area contributed by atoms with E-state index in [-0.39, 0.29) is 13.3 Å². The number of hydrogen-bond donors (Lipinski definition) is 2. The third kappa shape index (κ3) is 1.66. The molecule has 3 N–H and O–H groups in total. The Labute approximate surface area is 82.2 Å². The van der Waals surface area contributed by atoms with Crippen LogP contribution in [0.25, 0.3) is 0 Å². The van der Waals surface area contributed by atoms with Gasteiger partial charge in [-0.05, 0) is 6.07 Å². The second kappa shape index (κ2) is 3.86. The zero-order valence-corrected chi connectivity index (χ0v) is 7.77. The zero-order chi connectivity index (χ0) is 9.97. The largest absolute Gasteiger partial charge is 0.454 e. The van der Waals surface area contributed by atoms with Crippen molar-refractivity contribution in [2.45, 2.75) is 12.5 Å². The molecular formula is C10H13NO3. The van der Waals surface area contributed by atoms with Gasteiger partial charge in [0.15, 0.2) is 11.5 Å². The Morgan fingerprint density at radius 1 is 1.43 bits per heavy atom. The van der Waals surface area contributed by atoms with Crippen LogP contribution in [0.2, 0.25) is 0 Å². The number of benzene rings is 1. The number of ether oxygens (including phenoxy) is 2. The monoisotopic (exact) mass is 195 g/mol. The van der Waals surface area contributed by atoms with Crippen molar-refractivity contribution in [2.75, 3.05) is 13.3 Å². The van der Waals surface area contributed by atoms with Crippen LogP contribution in [0.5, 0.6) is 11.5 Å². The highest BCUT2D eigenvalue weighted by Crippen LogP contribution is 2.35. The summed E-state index contributed by atoms with van der Waals surface area (Å²) in [5.74, 6) is 1.48. The Morgan fingerprint density at radius 2 is 2.29 bits per heavy atom. The quantitative estimate of drug-likeness (QED) is 0.727. The van der Waals surface area contributed by atoms with E-state index in [4.69, 9.17) is 15.2 Å². The summed E-state index contributed by atoms with van der Waals surface area (Å²) in [5.41, 5.74) is 6.29. The molecule has 1 heterocycles. The molecule has 76 valence electrons. The standard InChI is InChI=1S/C10H13NO3/c11-5-8(12)4-7-2-1-3-9-10(7)14-6-13-9/h1-3,8,12H,4-6,11H2. The van der Waals surface area contributed by atoms with E-state index in [9.17, 15) is 5.11 Å².